The molecular weight excluding hydrogens is 296 g/mol. The standard InChI is InChI=1S/C16H18N4OS/c1-10-4-5-13(11(2)8-10)9-12(3)18-15-19-20-14(21)6-7-17-16(20)22-15/h4-8,12H,9H2,1-3H3,(H,18,19). The Labute approximate surface area is 132 Å². The molecule has 0 fully saturated rings. The molecular formula is C16H18N4OS. The van der Waals surface area contributed by atoms with Crippen LogP contribution in [-0.4, -0.2) is 20.6 Å². The van der Waals surface area contributed by atoms with Crippen molar-refractivity contribution in [1.82, 2.24) is 14.6 Å². The number of nitrogens with zero attached hydrogens (tertiary/aromatic N) is 3. The second kappa shape index (κ2) is 5.88. The first-order chi connectivity index (χ1) is 10.5. The van der Waals surface area contributed by atoms with Gasteiger partial charge in [-0.05, 0) is 38.3 Å². The molecule has 6 heteroatoms. The Morgan fingerprint density at radius 2 is 2.14 bits per heavy atom. The van der Waals surface area contributed by atoms with Gasteiger partial charge in [0.1, 0.15) is 0 Å². The molecule has 22 heavy (non-hydrogen) atoms. The van der Waals surface area contributed by atoms with Crippen molar-refractivity contribution < 1.29 is 0 Å². The highest BCUT2D eigenvalue weighted by Crippen LogP contribution is 2.19. The molecule has 1 N–H and O–H groups in total. The number of hydrogen-bond acceptors (Lipinski definition) is 5. The van der Waals surface area contributed by atoms with E-state index in [2.05, 4.69) is 54.4 Å². The molecule has 0 spiro atoms. The highest BCUT2D eigenvalue weighted by molar-refractivity contribution is 7.20. The molecule has 0 radical (unpaired) electrons. The minimum Gasteiger partial charge on any atom is -0.357 e. The zero-order valence-electron chi connectivity index (χ0n) is 12.8. The van der Waals surface area contributed by atoms with E-state index in [0.717, 1.165) is 6.42 Å². The molecule has 2 aromatic heterocycles. The van der Waals surface area contributed by atoms with Gasteiger partial charge in [-0.25, -0.2) is 4.98 Å². The van der Waals surface area contributed by atoms with E-state index in [1.165, 1.54) is 44.8 Å². The zero-order chi connectivity index (χ0) is 15.7. The van der Waals surface area contributed by atoms with E-state index in [1.54, 1.807) is 0 Å². The summed E-state index contributed by atoms with van der Waals surface area (Å²) in [5.41, 5.74) is 3.74. The van der Waals surface area contributed by atoms with Crippen LogP contribution in [0.1, 0.15) is 23.6 Å². The van der Waals surface area contributed by atoms with E-state index in [4.69, 9.17) is 0 Å². The maximum atomic E-state index is 11.7. The van der Waals surface area contributed by atoms with Crippen molar-refractivity contribution in [1.29, 1.82) is 0 Å². The van der Waals surface area contributed by atoms with Crippen LogP contribution in [-0.2, 0) is 6.42 Å². The fourth-order valence-electron chi connectivity index (χ4n) is 2.47. The van der Waals surface area contributed by atoms with Crippen LogP contribution >= 0.6 is 11.3 Å². The quantitative estimate of drug-likeness (QED) is 0.804. The zero-order valence-corrected chi connectivity index (χ0v) is 13.6. The number of anilines is 1. The van der Waals surface area contributed by atoms with E-state index in [0.29, 0.717) is 10.1 Å². The molecule has 1 atom stereocenters. The minimum absolute atomic E-state index is 0.156. The van der Waals surface area contributed by atoms with Crippen molar-refractivity contribution in [3.8, 4) is 0 Å². The summed E-state index contributed by atoms with van der Waals surface area (Å²) < 4.78 is 1.33. The molecule has 0 aliphatic rings. The van der Waals surface area contributed by atoms with Crippen LogP contribution in [0.5, 0.6) is 0 Å². The topological polar surface area (TPSA) is 59.3 Å². The number of rotatable bonds is 4. The Morgan fingerprint density at radius 1 is 1.32 bits per heavy atom. The molecule has 3 aromatic rings. The van der Waals surface area contributed by atoms with Crippen LogP contribution in [0.15, 0.2) is 35.3 Å². The van der Waals surface area contributed by atoms with Crippen LogP contribution in [0.25, 0.3) is 4.96 Å². The van der Waals surface area contributed by atoms with Gasteiger partial charge in [0.2, 0.25) is 10.1 Å². The number of nitrogens with one attached hydrogen (secondary N) is 1. The normalized spacial score (nSPS) is 12.5. The molecule has 0 saturated heterocycles. The largest absolute Gasteiger partial charge is 0.357 e. The maximum absolute atomic E-state index is 11.7. The summed E-state index contributed by atoms with van der Waals surface area (Å²) >= 11 is 1.39. The average Bonchev–Trinajstić information content (AvgIpc) is 2.86. The Morgan fingerprint density at radius 3 is 2.86 bits per heavy atom. The molecule has 1 unspecified atom stereocenters. The van der Waals surface area contributed by atoms with Crippen molar-refractivity contribution >= 4 is 21.4 Å². The third-order valence-corrected chi connectivity index (χ3v) is 4.42. The fourth-order valence-corrected chi connectivity index (χ4v) is 3.35. The summed E-state index contributed by atoms with van der Waals surface area (Å²) in [7, 11) is 0. The van der Waals surface area contributed by atoms with Crippen molar-refractivity contribution in [2.24, 2.45) is 0 Å². The number of aromatic nitrogens is 3. The van der Waals surface area contributed by atoms with Gasteiger partial charge in [0.25, 0.3) is 5.56 Å². The lowest BCUT2D eigenvalue weighted by Gasteiger charge is -2.14. The summed E-state index contributed by atoms with van der Waals surface area (Å²) in [5, 5.41) is 8.35. The molecule has 0 bridgehead atoms. The first kappa shape index (κ1) is 14.7. The van der Waals surface area contributed by atoms with E-state index in [1.807, 2.05) is 0 Å². The molecule has 0 saturated carbocycles. The highest BCUT2D eigenvalue weighted by Gasteiger charge is 2.10. The molecule has 2 heterocycles. The van der Waals surface area contributed by atoms with Gasteiger partial charge in [-0.3, -0.25) is 4.79 Å². The van der Waals surface area contributed by atoms with Crippen molar-refractivity contribution in [3.05, 3.63) is 57.5 Å². The summed E-state index contributed by atoms with van der Waals surface area (Å²) in [5.74, 6) is 0. The SMILES string of the molecule is Cc1ccc(CC(C)Nc2nn3c(=O)ccnc3s2)c(C)c1. The Kier molecular flexibility index (Phi) is 3.94. The molecule has 114 valence electrons. The lowest BCUT2D eigenvalue weighted by Crippen LogP contribution is -2.19. The molecule has 0 aliphatic carbocycles. The Bertz CT molecular complexity index is 868. The van der Waals surface area contributed by atoms with Gasteiger partial charge in [-0.15, -0.1) is 5.10 Å². The first-order valence-corrected chi connectivity index (χ1v) is 8.02. The van der Waals surface area contributed by atoms with E-state index >= 15 is 0 Å². The molecule has 0 aliphatic heterocycles. The van der Waals surface area contributed by atoms with E-state index in [9.17, 15) is 4.79 Å². The van der Waals surface area contributed by atoms with Gasteiger partial charge in [0.05, 0.1) is 0 Å². The second-order valence-electron chi connectivity index (χ2n) is 5.56. The highest BCUT2D eigenvalue weighted by atomic mass is 32.1. The first-order valence-electron chi connectivity index (χ1n) is 7.20. The lowest BCUT2D eigenvalue weighted by molar-refractivity contribution is 0.775. The summed E-state index contributed by atoms with van der Waals surface area (Å²) in [6.45, 7) is 6.35. The number of aryl methyl sites for hydroxylation is 2. The fraction of sp³-hybridized carbons (Fsp3) is 0.312. The summed E-state index contributed by atoms with van der Waals surface area (Å²) in [6, 6.07) is 8.14. The van der Waals surface area contributed by atoms with E-state index < -0.39 is 0 Å². The lowest BCUT2D eigenvalue weighted by atomic mass is 10.00. The van der Waals surface area contributed by atoms with Crippen molar-refractivity contribution in [2.45, 2.75) is 33.2 Å². The van der Waals surface area contributed by atoms with Crippen LogP contribution < -0.4 is 10.9 Å². The summed E-state index contributed by atoms with van der Waals surface area (Å²) in [6.07, 6.45) is 2.42. The van der Waals surface area contributed by atoms with Gasteiger partial charge >= 0.3 is 0 Å². The number of hydrogen-bond donors (Lipinski definition) is 1. The monoisotopic (exact) mass is 314 g/mol. The molecule has 1 aromatic carbocycles. The van der Waals surface area contributed by atoms with Gasteiger partial charge < -0.3 is 5.32 Å². The smallest absolute Gasteiger partial charge is 0.275 e. The predicted octanol–water partition coefficient (Wildman–Crippen LogP) is 2.81. The second-order valence-corrected chi connectivity index (χ2v) is 6.52. The molecule has 0 amide bonds. The Hall–Kier alpha value is -2.21. The van der Waals surface area contributed by atoms with E-state index in [-0.39, 0.29) is 11.6 Å². The van der Waals surface area contributed by atoms with Gasteiger partial charge in [-0.2, -0.15) is 4.52 Å². The third-order valence-electron chi connectivity index (χ3n) is 3.56. The number of fused-ring (bicyclic) bond motifs is 1. The summed E-state index contributed by atoms with van der Waals surface area (Å²) in [4.78, 5) is 16.4. The maximum Gasteiger partial charge on any atom is 0.275 e. The molecule has 5 nitrogen and oxygen atoms in total. The van der Waals surface area contributed by atoms with Crippen LogP contribution in [0.2, 0.25) is 0 Å². The van der Waals surface area contributed by atoms with Crippen LogP contribution in [0.3, 0.4) is 0 Å². The minimum atomic E-state index is -0.156. The Balaban J connectivity index is 1.76. The predicted molar refractivity (Wildman–Crippen MR) is 89.8 cm³/mol. The van der Waals surface area contributed by atoms with Crippen LogP contribution in [0, 0.1) is 13.8 Å². The molecule has 3 rings (SSSR count). The average molecular weight is 314 g/mol. The van der Waals surface area contributed by atoms with Gasteiger partial charge in [0.15, 0.2) is 0 Å². The van der Waals surface area contributed by atoms with Crippen LogP contribution in [0.4, 0.5) is 5.13 Å². The van der Waals surface area contributed by atoms with Gasteiger partial charge in [-0.1, -0.05) is 35.1 Å². The van der Waals surface area contributed by atoms with Gasteiger partial charge in [0, 0.05) is 18.3 Å². The third kappa shape index (κ3) is 3.01. The number of benzene rings is 1. The van der Waals surface area contributed by atoms with Crippen molar-refractivity contribution in [2.75, 3.05) is 5.32 Å². The van der Waals surface area contributed by atoms with Crippen molar-refractivity contribution in [3.63, 3.8) is 0 Å².